The van der Waals surface area contributed by atoms with E-state index >= 15 is 0 Å². The predicted molar refractivity (Wildman–Crippen MR) is 97.5 cm³/mol. The number of benzene rings is 1. The number of fused-ring (bicyclic) bond motifs is 3. The van der Waals surface area contributed by atoms with Gasteiger partial charge in [-0.05, 0) is 36.0 Å². The molecule has 0 amide bonds. The van der Waals surface area contributed by atoms with E-state index in [0.717, 1.165) is 39.1 Å². The highest BCUT2D eigenvalue weighted by Crippen LogP contribution is 2.35. The van der Waals surface area contributed by atoms with Crippen molar-refractivity contribution < 1.29 is 4.79 Å². The number of carbonyl (C=O) groups is 1. The van der Waals surface area contributed by atoms with E-state index in [1.165, 1.54) is 0 Å². The van der Waals surface area contributed by atoms with Crippen molar-refractivity contribution in [2.45, 2.75) is 11.9 Å². The maximum absolute atomic E-state index is 11.8. The summed E-state index contributed by atoms with van der Waals surface area (Å²) in [6.07, 6.45) is 0. The maximum Gasteiger partial charge on any atom is 0.236 e. The molecule has 118 valence electrons. The summed E-state index contributed by atoms with van der Waals surface area (Å²) >= 11 is 7.14. The molecule has 0 saturated heterocycles. The molecule has 0 unspecified atom stereocenters. The van der Waals surface area contributed by atoms with Crippen molar-refractivity contribution in [1.29, 1.82) is 0 Å². The van der Waals surface area contributed by atoms with Crippen LogP contribution in [0.1, 0.15) is 6.92 Å². The number of rotatable bonds is 2. The van der Waals surface area contributed by atoms with Crippen LogP contribution in [0.3, 0.4) is 0 Å². The Bertz CT molecular complexity index is 1070. The molecule has 0 spiro atoms. The molecule has 0 radical (unpaired) electrons. The molecule has 2 aromatic heterocycles. The molecule has 0 fully saturated rings. The number of carbonyl (C=O) groups excluding carboxylic acids is 1. The average Bonchev–Trinajstić information content (AvgIpc) is 2.96. The summed E-state index contributed by atoms with van der Waals surface area (Å²) in [5, 5.41) is 1.43. The summed E-state index contributed by atoms with van der Waals surface area (Å²) in [5.74, 6) is 0.588. The van der Waals surface area contributed by atoms with E-state index < -0.39 is 0 Å². The molecule has 2 heterocycles. The van der Waals surface area contributed by atoms with E-state index in [0.29, 0.717) is 10.8 Å². The van der Waals surface area contributed by atoms with Gasteiger partial charge in [-0.25, -0.2) is 9.97 Å². The summed E-state index contributed by atoms with van der Waals surface area (Å²) in [6, 6.07) is 17.2. The topological polar surface area (TPSA) is 47.3 Å². The number of aromatic nitrogens is 3. The first-order valence-electron chi connectivity index (χ1n) is 7.35. The van der Waals surface area contributed by atoms with Crippen molar-refractivity contribution >= 4 is 45.3 Å². The average molecular weight is 354 g/mol. The van der Waals surface area contributed by atoms with Gasteiger partial charge in [-0.2, -0.15) is 0 Å². The van der Waals surface area contributed by atoms with Gasteiger partial charge in [-0.1, -0.05) is 41.9 Å². The van der Waals surface area contributed by atoms with Crippen molar-refractivity contribution in [3.05, 3.63) is 59.6 Å². The van der Waals surface area contributed by atoms with Gasteiger partial charge in [0.05, 0.1) is 11.0 Å². The van der Waals surface area contributed by atoms with Crippen LogP contribution in [-0.4, -0.2) is 19.5 Å². The van der Waals surface area contributed by atoms with E-state index in [1.54, 1.807) is 6.92 Å². The zero-order valence-electron chi connectivity index (χ0n) is 12.7. The molecule has 0 bridgehead atoms. The number of imidazole rings is 2. The van der Waals surface area contributed by atoms with Gasteiger partial charge in [-0.3, -0.25) is 9.20 Å². The van der Waals surface area contributed by atoms with Crippen molar-refractivity contribution in [2.75, 3.05) is 0 Å². The first-order valence-corrected chi connectivity index (χ1v) is 8.54. The minimum absolute atomic E-state index is 0.00155. The van der Waals surface area contributed by atoms with Crippen LogP contribution in [0.4, 0.5) is 0 Å². The van der Waals surface area contributed by atoms with Crippen LogP contribution in [0.2, 0.25) is 5.02 Å². The van der Waals surface area contributed by atoms with E-state index in [4.69, 9.17) is 11.6 Å². The van der Waals surface area contributed by atoms with Crippen molar-refractivity contribution in [2.24, 2.45) is 0 Å². The molecule has 0 N–H and O–H groups in total. The van der Waals surface area contributed by atoms with Crippen molar-refractivity contribution in [3.63, 3.8) is 0 Å². The molecule has 6 heteroatoms. The highest BCUT2D eigenvalue weighted by molar-refractivity contribution is 8.13. The van der Waals surface area contributed by atoms with Crippen molar-refractivity contribution in [1.82, 2.24) is 14.4 Å². The van der Waals surface area contributed by atoms with Crippen LogP contribution >= 0.6 is 23.4 Å². The van der Waals surface area contributed by atoms with Gasteiger partial charge < -0.3 is 0 Å². The van der Waals surface area contributed by atoms with Crippen LogP contribution < -0.4 is 0 Å². The molecule has 0 aliphatic carbocycles. The highest BCUT2D eigenvalue weighted by atomic mass is 35.5. The molecule has 4 nitrogen and oxygen atoms in total. The van der Waals surface area contributed by atoms with Crippen molar-refractivity contribution in [3.8, 4) is 11.3 Å². The molecule has 0 atom stereocenters. The number of halogens is 1. The van der Waals surface area contributed by atoms with Gasteiger partial charge >= 0.3 is 0 Å². The number of hydrogen-bond acceptors (Lipinski definition) is 4. The third-order valence-corrected chi connectivity index (χ3v) is 4.74. The molecular weight excluding hydrogens is 342 g/mol. The Morgan fingerprint density at radius 2 is 1.79 bits per heavy atom. The molecule has 0 aliphatic heterocycles. The zero-order chi connectivity index (χ0) is 16.7. The van der Waals surface area contributed by atoms with Crippen LogP contribution in [0.15, 0.2) is 59.6 Å². The third kappa shape index (κ3) is 2.56. The molecule has 24 heavy (non-hydrogen) atoms. The summed E-state index contributed by atoms with van der Waals surface area (Å²) < 4.78 is 1.94. The monoisotopic (exact) mass is 353 g/mol. The van der Waals surface area contributed by atoms with Gasteiger partial charge in [0.25, 0.3) is 0 Å². The standard InChI is InChI=1S/C18H12ClN3OS/c1-11(23)24-17-16(12-7-9-13(19)10-8-12)21-18-20-14-5-3-2-4-6-15(14)22(17)18/h2-10H,1H3. The lowest BCUT2D eigenvalue weighted by molar-refractivity contribution is -0.109. The Labute approximate surface area is 147 Å². The Balaban J connectivity index is 2.05. The summed E-state index contributed by atoms with van der Waals surface area (Å²) in [7, 11) is 0. The van der Waals surface area contributed by atoms with Gasteiger partial charge in [0.2, 0.25) is 5.78 Å². The lowest BCUT2D eigenvalue weighted by Crippen LogP contribution is -1.90. The normalized spacial score (nSPS) is 11.2. The summed E-state index contributed by atoms with van der Waals surface area (Å²) in [4.78, 5) is 21.0. The Morgan fingerprint density at radius 1 is 1.04 bits per heavy atom. The number of nitrogens with zero attached hydrogens (tertiary/aromatic N) is 3. The van der Waals surface area contributed by atoms with Gasteiger partial charge in [0.15, 0.2) is 5.12 Å². The molecule has 0 aliphatic rings. The summed E-state index contributed by atoms with van der Waals surface area (Å²) in [5.41, 5.74) is 3.41. The largest absolute Gasteiger partial charge is 0.287 e. The van der Waals surface area contributed by atoms with Crippen LogP contribution in [0, 0.1) is 0 Å². The SMILES string of the molecule is CC(=O)Sc1c(-c2ccc(Cl)cc2)nc2nc3cccccc3n12. The van der Waals surface area contributed by atoms with E-state index in [-0.39, 0.29) is 5.12 Å². The fraction of sp³-hybridized carbons (Fsp3) is 0.0556. The predicted octanol–water partition coefficient (Wildman–Crippen LogP) is 4.84. The molecule has 2 aromatic carbocycles. The molecule has 0 saturated carbocycles. The second-order valence-corrected chi connectivity index (χ2v) is 6.90. The quantitative estimate of drug-likeness (QED) is 0.484. The molecular formula is C18H12ClN3OS. The van der Waals surface area contributed by atoms with Crippen LogP contribution in [-0.2, 0) is 4.79 Å². The lowest BCUT2D eigenvalue weighted by Gasteiger charge is -2.02. The second kappa shape index (κ2) is 5.92. The minimum atomic E-state index is 0.00155. The fourth-order valence-corrected chi connectivity index (χ4v) is 3.56. The fourth-order valence-electron chi connectivity index (χ4n) is 2.63. The highest BCUT2D eigenvalue weighted by Gasteiger charge is 2.20. The Morgan fingerprint density at radius 3 is 2.54 bits per heavy atom. The lowest BCUT2D eigenvalue weighted by atomic mass is 10.2. The third-order valence-electron chi connectivity index (χ3n) is 3.63. The first-order chi connectivity index (χ1) is 11.6. The maximum atomic E-state index is 11.8. The Hall–Kier alpha value is -2.37. The molecule has 4 aromatic rings. The van der Waals surface area contributed by atoms with Crippen LogP contribution in [0.5, 0.6) is 0 Å². The smallest absolute Gasteiger partial charge is 0.236 e. The number of hydrogen-bond donors (Lipinski definition) is 0. The Kier molecular flexibility index (Phi) is 3.75. The number of thioether (sulfide) groups is 1. The first kappa shape index (κ1) is 15.2. The summed E-state index contributed by atoms with van der Waals surface area (Å²) in [6.45, 7) is 1.55. The van der Waals surface area contributed by atoms with E-state index in [1.807, 2.05) is 59.0 Å². The van der Waals surface area contributed by atoms with Gasteiger partial charge in [0, 0.05) is 17.5 Å². The second-order valence-electron chi connectivity index (χ2n) is 5.29. The minimum Gasteiger partial charge on any atom is -0.287 e. The van der Waals surface area contributed by atoms with Gasteiger partial charge in [-0.15, -0.1) is 0 Å². The molecule has 4 rings (SSSR count). The van der Waals surface area contributed by atoms with E-state index in [2.05, 4.69) is 9.97 Å². The zero-order valence-corrected chi connectivity index (χ0v) is 14.3. The van der Waals surface area contributed by atoms with E-state index in [9.17, 15) is 4.79 Å². The van der Waals surface area contributed by atoms with Crippen LogP contribution in [0.25, 0.3) is 28.1 Å². The van der Waals surface area contributed by atoms with Gasteiger partial charge in [0.1, 0.15) is 10.7 Å².